The molecule has 5 heteroatoms. The second-order valence-electron chi connectivity index (χ2n) is 3.12. The third kappa shape index (κ3) is 2.68. The van der Waals surface area contributed by atoms with E-state index in [0.29, 0.717) is 17.9 Å². The molecule has 1 heterocycles. The van der Waals surface area contributed by atoms with E-state index in [-0.39, 0.29) is 5.91 Å². The smallest absolute Gasteiger partial charge is 0.257 e. The van der Waals surface area contributed by atoms with E-state index in [1.807, 2.05) is 6.92 Å². The van der Waals surface area contributed by atoms with Crippen LogP contribution in [0.1, 0.15) is 17.3 Å². The fourth-order valence-electron chi connectivity index (χ4n) is 1.15. The molecule has 0 saturated carbocycles. The number of pyridine rings is 1. The van der Waals surface area contributed by atoms with Gasteiger partial charge in [-0.25, -0.2) is 4.98 Å². The second-order valence-corrected chi connectivity index (χ2v) is 4.03. The lowest BCUT2D eigenvalue weighted by atomic mass is 10.2. The first-order chi connectivity index (χ1) is 7.10. The van der Waals surface area contributed by atoms with Crippen molar-refractivity contribution in [1.82, 2.24) is 9.88 Å². The topological polar surface area (TPSA) is 45.2 Å². The van der Waals surface area contributed by atoms with Crippen LogP contribution in [-0.4, -0.2) is 36.4 Å². The molecular formula is C10H14BrN3O. The Labute approximate surface area is 97.8 Å². The molecule has 0 atom stereocenters. The Morgan fingerprint density at radius 3 is 2.87 bits per heavy atom. The Bertz CT molecular complexity index is 368. The lowest BCUT2D eigenvalue weighted by Gasteiger charge is -2.16. The van der Waals surface area contributed by atoms with Crippen LogP contribution in [0.3, 0.4) is 0 Å². The summed E-state index contributed by atoms with van der Waals surface area (Å²) >= 11 is 3.30. The molecule has 0 aliphatic rings. The summed E-state index contributed by atoms with van der Waals surface area (Å²) in [5.74, 6) is 0.569. The highest BCUT2D eigenvalue weighted by Crippen LogP contribution is 2.18. The van der Waals surface area contributed by atoms with Gasteiger partial charge in [0.25, 0.3) is 5.91 Å². The number of aromatic nitrogens is 1. The van der Waals surface area contributed by atoms with Gasteiger partial charge in [-0.3, -0.25) is 4.79 Å². The zero-order valence-electron chi connectivity index (χ0n) is 9.04. The minimum Gasteiger partial charge on any atom is -0.372 e. The van der Waals surface area contributed by atoms with Gasteiger partial charge in [0, 0.05) is 31.3 Å². The van der Waals surface area contributed by atoms with Crippen LogP contribution in [0.2, 0.25) is 0 Å². The Morgan fingerprint density at radius 1 is 1.67 bits per heavy atom. The summed E-state index contributed by atoms with van der Waals surface area (Å²) in [4.78, 5) is 17.7. The van der Waals surface area contributed by atoms with Gasteiger partial charge in [-0.2, -0.15) is 0 Å². The summed E-state index contributed by atoms with van der Waals surface area (Å²) in [5.41, 5.74) is 0.580. The zero-order valence-corrected chi connectivity index (χ0v) is 10.6. The molecule has 0 aromatic carbocycles. The van der Waals surface area contributed by atoms with Crippen LogP contribution in [0.4, 0.5) is 5.82 Å². The first-order valence-corrected chi connectivity index (χ1v) is 5.48. The van der Waals surface area contributed by atoms with Gasteiger partial charge >= 0.3 is 0 Å². The highest BCUT2D eigenvalue weighted by atomic mass is 79.9. The molecule has 0 aliphatic carbocycles. The van der Waals surface area contributed by atoms with E-state index in [9.17, 15) is 4.79 Å². The lowest BCUT2D eigenvalue weighted by molar-refractivity contribution is 0.0803. The van der Waals surface area contributed by atoms with Crippen LogP contribution >= 0.6 is 15.9 Å². The van der Waals surface area contributed by atoms with E-state index in [1.165, 1.54) is 0 Å². The minimum atomic E-state index is -0.0318. The van der Waals surface area contributed by atoms with E-state index in [1.54, 1.807) is 31.3 Å². The van der Waals surface area contributed by atoms with E-state index in [4.69, 9.17) is 0 Å². The maximum absolute atomic E-state index is 11.9. The molecule has 1 amide bonds. The van der Waals surface area contributed by atoms with Crippen molar-refractivity contribution in [2.75, 3.05) is 26.0 Å². The molecule has 0 fully saturated rings. The Morgan fingerprint density at radius 2 is 2.33 bits per heavy atom. The fraction of sp³-hybridized carbons (Fsp3) is 0.400. The predicted molar refractivity (Wildman–Crippen MR) is 64.1 cm³/mol. The van der Waals surface area contributed by atoms with Crippen LogP contribution in [-0.2, 0) is 0 Å². The molecule has 1 aromatic rings. The highest BCUT2D eigenvalue weighted by molar-refractivity contribution is 9.10. The number of carbonyl (C=O) groups excluding carboxylic acids is 1. The minimum absolute atomic E-state index is 0.0318. The maximum Gasteiger partial charge on any atom is 0.257 e. The summed E-state index contributed by atoms with van der Waals surface area (Å²) in [6, 6.07) is 1.77. The Balaban J connectivity index is 3.11. The average Bonchev–Trinajstić information content (AvgIpc) is 2.27. The van der Waals surface area contributed by atoms with Gasteiger partial charge < -0.3 is 10.2 Å². The second kappa shape index (κ2) is 5.11. The van der Waals surface area contributed by atoms with Crippen LogP contribution in [0.5, 0.6) is 0 Å². The normalized spacial score (nSPS) is 9.87. The number of nitrogens with one attached hydrogen (secondary N) is 1. The average molecular weight is 272 g/mol. The molecule has 4 nitrogen and oxygen atoms in total. The number of rotatable bonds is 3. The van der Waals surface area contributed by atoms with Crippen molar-refractivity contribution >= 4 is 27.7 Å². The third-order valence-corrected chi connectivity index (χ3v) is 2.58. The number of carbonyl (C=O) groups is 1. The number of amides is 1. The van der Waals surface area contributed by atoms with E-state index >= 15 is 0 Å². The summed E-state index contributed by atoms with van der Waals surface area (Å²) in [6.45, 7) is 2.61. The number of anilines is 1. The van der Waals surface area contributed by atoms with Gasteiger partial charge in [-0.05, 0) is 28.9 Å². The maximum atomic E-state index is 11.9. The van der Waals surface area contributed by atoms with Crippen LogP contribution < -0.4 is 5.32 Å². The molecule has 1 N–H and O–H groups in total. The highest BCUT2D eigenvalue weighted by Gasteiger charge is 2.15. The van der Waals surface area contributed by atoms with Gasteiger partial charge in [0.15, 0.2) is 0 Å². The molecule has 0 unspecified atom stereocenters. The quantitative estimate of drug-likeness (QED) is 0.915. The molecule has 0 saturated heterocycles. The molecule has 1 rings (SSSR count). The van der Waals surface area contributed by atoms with Crippen LogP contribution in [0.25, 0.3) is 0 Å². The van der Waals surface area contributed by atoms with Gasteiger partial charge in [0.2, 0.25) is 0 Å². The van der Waals surface area contributed by atoms with Crippen LogP contribution in [0.15, 0.2) is 16.7 Å². The SMILES string of the molecule is CCN(C)C(=O)c1cc(Br)cnc1NC. The van der Waals surface area contributed by atoms with Crippen LogP contribution in [0, 0.1) is 0 Å². The fourth-order valence-corrected chi connectivity index (χ4v) is 1.48. The molecule has 0 spiro atoms. The Hall–Kier alpha value is -1.10. The van der Waals surface area contributed by atoms with Crippen molar-refractivity contribution in [2.24, 2.45) is 0 Å². The van der Waals surface area contributed by atoms with Crippen molar-refractivity contribution < 1.29 is 4.79 Å². The molecular weight excluding hydrogens is 258 g/mol. The monoisotopic (exact) mass is 271 g/mol. The van der Waals surface area contributed by atoms with Gasteiger partial charge in [0.05, 0.1) is 5.56 Å². The standard InChI is InChI=1S/C10H14BrN3O/c1-4-14(3)10(15)8-5-7(11)6-13-9(8)12-2/h5-6H,4H2,1-3H3,(H,12,13). The molecule has 15 heavy (non-hydrogen) atoms. The number of nitrogens with zero attached hydrogens (tertiary/aromatic N) is 2. The van der Waals surface area contributed by atoms with E-state index < -0.39 is 0 Å². The predicted octanol–water partition coefficient (Wildman–Crippen LogP) is 1.98. The number of hydrogen-bond acceptors (Lipinski definition) is 3. The largest absolute Gasteiger partial charge is 0.372 e. The molecule has 1 aromatic heterocycles. The van der Waals surface area contributed by atoms with Gasteiger partial charge in [-0.1, -0.05) is 0 Å². The van der Waals surface area contributed by atoms with Crippen molar-refractivity contribution in [3.63, 3.8) is 0 Å². The van der Waals surface area contributed by atoms with E-state index in [0.717, 1.165) is 4.47 Å². The van der Waals surface area contributed by atoms with Crippen molar-refractivity contribution in [2.45, 2.75) is 6.92 Å². The summed E-state index contributed by atoms with van der Waals surface area (Å²) in [5, 5.41) is 2.90. The summed E-state index contributed by atoms with van der Waals surface area (Å²) < 4.78 is 0.800. The Kier molecular flexibility index (Phi) is 4.08. The first kappa shape index (κ1) is 12.0. The molecule has 82 valence electrons. The molecule has 0 bridgehead atoms. The van der Waals surface area contributed by atoms with E-state index in [2.05, 4.69) is 26.2 Å². The van der Waals surface area contributed by atoms with Crippen molar-refractivity contribution in [3.05, 3.63) is 22.3 Å². The van der Waals surface area contributed by atoms with Gasteiger partial charge in [0.1, 0.15) is 5.82 Å². The summed E-state index contributed by atoms with van der Waals surface area (Å²) in [6.07, 6.45) is 1.66. The first-order valence-electron chi connectivity index (χ1n) is 4.69. The van der Waals surface area contributed by atoms with Crippen molar-refractivity contribution in [3.8, 4) is 0 Å². The number of hydrogen-bond donors (Lipinski definition) is 1. The lowest BCUT2D eigenvalue weighted by Crippen LogP contribution is -2.27. The van der Waals surface area contributed by atoms with Crippen molar-refractivity contribution in [1.29, 1.82) is 0 Å². The zero-order chi connectivity index (χ0) is 11.4. The summed E-state index contributed by atoms with van der Waals surface area (Å²) in [7, 11) is 3.52. The van der Waals surface area contributed by atoms with Gasteiger partial charge in [-0.15, -0.1) is 0 Å². The third-order valence-electron chi connectivity index (χ3n) is 2.14. The molecule has 0 radical (unpaired) electrons. The number of halogens is 1. The molecule has 0 aliphatic heterocycles.